The van der Waals surface area contributed by atoms with Crippen molar-refractivity contribution in [3.05, 3.63) is 0 Å². The smallest absolute Gasteiger partial charge is 0.326 e. The van der Waals surface area contributed by atoms with Crippen LogP contribution in [0.15, 0.2) is 0 Å². The molecule has 0 radical (unpaired) electrons. The first-order chi connectivity index (χ1) is 16.9. The maximum absolute atomic E-state index is 12.9. The first kappa shape index (κ1) is 33.1. The number of hydrogen-bond acceptors (Lipinski definition) is 9. The van der Waals surface area contributed by atoms with Gasteiger partial charge >= 0.3 is 17.9 Å². The number of rotatable bonds is 20. The SMILES string of the molecule is CSCCC(NC(=O)C(N)CCCCN)C(=O)NC(CCC(=O)O)C(=O)NC(CCC(=O)O)C(=O)O. The fourth-order valence-corrected chi connectivity index (χ4v) is 3.50. The highest BCUT2D eigenvalue weighted by molar-refractivity contribution is 7.98. The zero-order valence-electron chi connectivity index (χ0n) is 20.2. The van der Waals surface area contributed by atoms with Crippen molar-refractivity contribution < 1.29 is 44.1 Å². The van der Waals surface area contributed by atoms with Gasteiger partial charge < -0.3 is 42.7 Å². The molecule has 0 rings (SSSR count). The summed E-state index contributed by atoms with van der Waals surface area (Å²) in [6.45, 7) is 0.450. The van der Waals surface area contributed by atoms with Gasteiger partial charge in [0.25, 0.3) is 0 Å². The average Bonchev–Trinajstić information content (AvgIpc) is 2.80. The molecule has 15 heteroatoms. The summed E-state index contributed by atoms with van der Waals surface area (Å²) in [5.74, 6) is -5.85. The third-order valence-corrected chi connectivity index (χ3v) is 5.73. The monoisotopic (exact) mass is 535 g/mol. The van der Waals surface area contributed by atoms with Crippen LogP contribution in [0.4, 0.5) is 0 Å². The summed E-state index contributed by atoms with van der Waals surface area (Å²) in [7, 11) is 0. The van der Waals surface area contributed by atoms with Crippen molar-refractivity contribution >= 4 is 47.4 Å². The largest absolute Gasteiger partial charge is 0.481 e. The highest BCUT2D eigenvalue weighted by atomic mass is 32.2. The van der Waals surface area contributed by atoms with E-state index in [-0.39, 0.29) is 12.8 Å². The zero-order chi connectivity index (χ0) is 27.7. The molecule has 206 valence electrons. The van der Waals surface area contributed by atoms with E-state index < -0.39 is 79.1 Å². The molecule has 0 saturated carbocycles. The van der Waals surface area contributed by atoms with Gasteiger partial charge in [-0.15, -0.1) is 0 Å². The summed E-state index contributed by atoms with van der Waals surface area (Å²) in [5, 5.41) is 34.1. The number of nitrogens with two attached hydrogens (primary N) is 2. The van der Waals surface area contributed by atoms with Crippen molar-refractivity contribution in [1.29, 1.82) is 0 Å². The molecule has 0 aromatic heterocycles. The Hall–Kier alpha value is -2.91. The third kappa shape index (κ3) is 14.5. The first-order valence-corrected chi connectivity index (χ1v) is 12.8. The van der Waals surface area contributed by atoms with Crippen LogP contribution >= 0.6 is 11.8 Å². The molecule has 4 unspecified atom stereocenters. The van der Waals surface area contributed by atoms with Crippen molar-refractivity contribution in [2.75, 3.05) is 18.6 Å². The van der Waals surface area contributed by atoms with Gasteiger partial charge in [0.05, 0.1) is 6.04 Å². The fourth-order valence-electron chi connectivity index (χ4n) is 3.03. The Morgan fingerprint density at radius 1 is 0.722 bits per heavy atom. The van der Waals surface area contributed by atoms with Crippen LogP contribution in [0.5, 0.6) is 0 Å². The molecule has 0 aromatic rings. The second-order valence-electron chi connectivity index (χ2n) is 8.06. The standard InChI is InChI=1S/C21H37N5O9S/c1-36-11-9-14(24-18(31)12(23)4-2-3-10-22)20(33)25-13(5-7-16(27)28)19(32)26-15(21(34)35)6-8-17(29)30/h12-15H,2-11,22-23H2,1H3,(H,24,31)(H,25,33)(H,26,32)(H,27,28)(H,29,30)(H,34,35). The van der Waals surface area contributed by atoms with Crippen LogP contribution in [0, 0.1) is 0 Å². The van der Waals surface area contributed by atoms with Gasteiger partial charge in [-0.3, -0.25) is 24.0 Å². The van der Waals surface area contributed by atoms with Gasteiger partial charge in [-0.25, -0.2) is 4.79 Å². The van der Waals surface area contributed by atoms with Crippen molar-refractivity contribution in [1.82, 2.24) is 16.0 Å². The van der Waals surface area contributed by atoms with Gasteiger partial charge in [-0.1, -0.05) is 6.42 Å². The summed E-state index contributed by atoms with van der Waals surface area (Å²) in [6.07, 6.45) is 1.83. The molecular weight excluding hydrogens is 498 g/mol. The van der Waals surface area contributed by atoms with E-state index in [1.54, 1.807) is 6.26 Å². The second kappa shape index (κ2) is 18.4. The van der Waals surface area contributed by atoms with E-state index in [1.807, 2.05) is 0 Å². The van der Waals surface area contributed by atoms with Crippen molar-refractivity contribution in [2.24, 2.45) is 11.5 Å². The number of carbonyl (C=O) groups is 6. The van der Waals surface area contributed by atoms with Crippen LogP contribution in [-0.4, -0.2) is 93.7 Å². The van der Waals surface area contributed by atoms with E-state index in [0.29, 0.717) is 31.6 Å². The van der Waals surface area contributed by atoms with Crippen LogP contribution in [-0.2, 0) is 28.8 Å². The Kier molecular flexibility index (Phi) is 16.9. The minimum absolute atomic E-state index is 0.192. The number of carboxylic acids is 3. The maximum atomic E-state index is 12.9. The highest BCUT2D eigenvalue weighted by Gasteiger charge is 2.30. The zero-order valence-corrected chi connectivity index (χ0v) is 21.1. The lowest BCUT2D eigenvalue weighted by atomic mass is 10.1. The van der Waals surface area contributed by atoms with Gasteiger partial charge in [-0.2, -0.15) is 11.8 Å². The lowest BCUT2D eigenvalue weighted by molar-refractivity contribution is -0.144. The van der Waals surface area contributed by atoms with Gasteiger partial charge in [0.2, 0.25) is 17.7 Å². The maximum Gasteiger partial charge on any atom is 0.326 e. The van der Waals surface area contributed by atoms with E-state index in [0.717, 1.165) is 0 Å². The molecule has 0 bridgehead atoms. The summed E-state index contributed by atoms with van der Waals surface area (Å²) in [4.78, 5) is 71.3. The van der Waals surface area contributed by atoms with E-state index in [1.165, 1.54) is 11.8 Å². The molecule has 14 nitrogen and oxygen atoms in total. The molecule has 3 amide bonds. The average molecular weight is 536 g/mol. The second-order valence-corrected chi connectivity index (χ2v) is 9.04. The molecule has 0 aromatic carbocycles. The summed E-state index contributed by atoms with van der Waals surface area (Å²) in [5.41, 5.74) is 11.3. The topological polar surface area (TPSA) is 251 Å². The highest BCUT2D eigenvalue weighted by Crippen LogP contribution is 2.07. The molecule has 0 aliphatic carbocycles. The van der Waals surface area contributed by atoms with Crippen LogP contribution < -0.4 is 27.4 Å². The van der Waals surface area contributed by atoms with Crippen LogP contribution in [0.2, 0.25) is 0 Å². The molecule has 0 aliphatic rings. The van der Waals surface area contributed by atoms with Crippen LogP contribution in [0.3, 0.4) is 0 Å². The van der Waals surface area contributed by atoms with E-state index >= 15 is 0 Å². The lowest BCUT2D eigenvalue weighted by Crippen LogP contribution is -2.57. The number of unbranched alkanes of at least 4 members (excludes halogenated alkanes) is 1. The van der Waals surface area contributed by atoms with Crippen molar-refractivity contribution in [3.63, 3.8) is 0 Å². The van der Waals surface area contributed by atoms with Gasteiger partial charge in [0, 0.05) is 12.8 Å². The first-order valence-electron chi connectivity index (χ1n) is 11.4. The number of aliphatic carboxylic acids is 3. The summed E-state index contributed by atoms with van der Waals surface area (Å²) in [6, 6.07) is -4.95. The summed E-state index contributed by atoms with van der Waals surface area (Å²) < 4.78 is 0. The predicted octanol–water partition coefficient (Wildman–Crippen LogP) is -1.54. The number of amides is 3. The molecular formula is C21H37N5O9S. The number of nitrogens with one attached hydrogen (secondary N) is 3. The third-order valence-electron chi connectivity index (χ3n) is 5.09. The normalized spacial score (nSPS) is 14.1. The van der Waals surface area contributed by atoms with Crippen LogP contribution in [0.1, 0.15) is 51.4 Å². The molecule has 0 fully saturated rings. The number of thioether (sulfide) groups is 1. The molecule has 0 heterocycles. The Morgan fingerprint density at radius 2 is 1.19 bits per heavy atom. The fraction of sp³-hybridized carbons (Fsp3) is 0.714. The predicted molar refractivity (Wildman–Crippen MR) is 131 cm³/mol. The van der Waals surface area contributed by atoms with E-state index in [2.05, 4.69) is 16.0 Å². The van der Waals surface area contributed by atoms with Crippen molar-refractivity contribution in [2.45, 2.75) is 75.5 Å². The molecule has 4 atom stereocenters. The number of carboxylic acid groups (broad SMARTS) is 3. The van der Waals surface area contributed by atoms with Gasteiger partial charge in [-0.05, 0) is 50.7 Å². The Labute approximate surface area is 213 Å². The molecule has 36 heavy (non-hydrogen) atoms. The van der Waals surface area contributed by atoms with Crippen molar-refractivity contribution in [3.8, 4) is 0 Å². The number of carbonyl (C=O) groups excluding carboxylic acids is 3. The van der Waals surface area contributed by atoms with Gasteiger partial charge in [0.1, 0.15) is 18.1 Å². The minimum atomic E-state index is -1.56. The molecule has 0 aliphatic heterocycles. The Bertz CT molecular complexity index is 768. The lowest BCUT2D eigenvalue weighted by Gasteiger charge is -2.25. The summed E-state index contributed by atoms with van der Waals surface area (Å²) >= 11 is 1.41. The van der Waals surface area contributed by atoms with Gasteiger partial charge in [0.15, 0.2) is 0 Å². The van der Waals surface area contributed by atoms with E-state index in [4.69, 9.17) is 21.7 Å². The Morgan fingerprint density at radius 3 is 1.67 bits per heavy atom. The molecule has 10 N–H and O–H groups in total. The number of hydrogen-bond donors (Lipinski definition) is 8. The Balaban J connectivity index is 5.48. The van der Waals surface area contributed by atoms with E-state index in [9.17, 15) is 33.9 Å². The molecule has 0 spiro atoms. The minimum Gasteiger partial charge on any atom is -0.481 e. The quantitative estimate of drug-likeness (QED) is 0.0826. The van der Waals surface area contributed by atoms with Crippen LogP contribution in [0.25, 0.3) is 0 Å². The molecule has 0 saturated heterocycles.